The summed E-state index contributed by atoms with van der Waals surface area (Å²) in [6.07, 6.45) is 3.73. The Kier molecular flexibility index (Phi) is 6.12. The molecule has 1 saturated carbocycles. The molecule has 4 rings (SSSR count). The molecule has 0 radical (unpaired) electrons. The van der Waals surface area contributed by atoms with Crippen LogP contribution in [-0.4, -0.2) is 34.3 Å². The number of likely N-dealkylation sites (tertiary alicyclic amines) is 1. The van der Waals surface area contributed by atoms with Crippen molar-refractivity contribution in [2.45, 2.75) is 77.8 Å². The molecular weight excluding hydrogens is 418 g/mol. The van der Waals surface area contributed by atoms with E-state index in [1.54, 1.807) is 17.0 Å². The average Bonchev–Trinajstić information content (AvgIpc) is 3.48. The first kappa shape index (κ1) is 23.1. The number of benzene rings is 1. The lowest BCUT2D eigenvalue weighted by atomic mass is 9.84. The summed E-state index contributed by atoms with van der Waals surface area (Å²) < 4.78 is 11.7. The van der Waals surface area contributed by atoms with Gasteiger partial charge in [-0.05, 0) is 62.4 Å². The van der Waals surface area contributed by atoms with E-state index in [9.17, 15) is 14.7 Å². The van der Waals surface area contributed by atoms with E-state index in [1.165, 1.54) is 0 Å². The van der Waals surface area contributed by atoms with Crippen molar-refractivity contribution in [3.63, 3.8) is 0 Å². The molecule has 1 aromatic heterocycles. The Bertz CT molecular complexity index is 1100. The van der Waals surface area contributed by atoms with Crippen LogP contribution in [0, 0.1) is 6.92 Å². The van der Waals surface area contributed by atoms with E-state index in [2.05, 4.69) is 20.8 Å². The van der Waals surface area contributed by atoms with Crippen LogP contribution < -0.4 is 4.74 Å². The monoisotopic (exact) mass is 451 g/mol. The fourth-order valence-electron chi connectivity index (χ4n) is 4.99. The predicted octanol–water partition coefficient (Wildman–Crippen LogP) is 5.65. The summed E-state index contributed by atoms with van der Waals surface area (Å²) in [5, 5.41) is 11.4. The van der Waals surface area contributed by atoms with Gasteiger partial charge in [0, 0.05) is 17.2 Å². The van der Waals surface area contributed by atoms with Crippen molar-refractivity contribution in [3.8, 4) is 5.75 Å². The number of hydrogen-bond acceptors (Lipinski definition) is 5. The summed E-state index contributed by atoms with van der Waals surface area (Å²) in [5.74, 6) is 0.530. The van der Waals surface area contributed by atoms with E-state index in [4.69, 9.17) is 9.15 Å². The van der Waals surface area contributed by atoms with Gasteiger partial charge in [0.15, 0.2) is 0 Å². The summed E-state index contributed by atoms with van der Waals surface area (Å²) in [6, 6.07) is 8.26. The molecule has 2 heterocycles. The molecule has 2 aromatic rings. The Morgan fingerprint density at radius 2 is 1.85 bits per heavy atom. The molecule has 1 aromatic carbocycles. The third kappa shape index (κ3) is 4.19. The second-order valence-electron chi connectivity index (χ2n) is 9.99. The predicted molar refractivity (Wildman–Crippen MR) is 126 cm³/mol. The molecule has 1 saturated heterocycles. The first-order valence-electron chi connectivity index (χ1n) is 11.8. The highest BCUT2D eigenvalue weighted by molar-refractivity contribution is 6.46. The van der Waals surface area contributed by atoms with E-state index in [1.807, 2.05) is 32.0 Å². The molecule has 2 fully saturated rings. The first-order chi connectivity index (χ1) is 15.6. The molecule has 0 spiro atoms. The zero-order valence-electron chi connectivity index (χ0n) is 20.1. The SMILES string of the molecule is CCOc1ccc(/C(O)=C2/C(=O)C(=O)N(C3CCCC3)C2c2ccc(C)o2)cc1C(C)(C)C. The van der Waals surface area contributed by atoms with Crippen LogP contribution in [0.25, 0.3) is 5.76 Å². The average molecular weight is 452 g/mol. The lowest BCUT2D eigenvalue weighted by Crippen LogP contribution is -2.37. The van der Waals surface area contributed by atoms with Gasteiger partial charge < -0.3 is 19.2 Å². The summed E-state index contributed by atoms with van der Waals surface area (Å²) in [5.41, 5.74) is 1.25. The Labute approximate surface area is 195 Å². The fourth-order valence-corrected chi connectivity index (χ4v) is 4.99. The highest BCUT2D eigenvalue weighted by Crippen LogP contribution is 2.44. The number of amides is 1. The van der Waals surface area contributed by atoms with Gasteiger partial charge in [-0.3, -0.25) is 9.59 Å². The van der Waals surface area contributed by atoms with Gasteiger partial charge in [0.05, 0.1) is 12.2 Å². The molecule has 0 bridgehead atoms. The molecule has 1 aliphatic heterocycles. The molecular formula is C27H33NO5. The number of aliphatic hydroxyl groups is 1. The third-order valence-corrected chi connectivity index (χ3v) is 6.59. The van der Waals surface area contributed by atoms with Gasteiger partial charge in [0.2, 0.25) is 0 Å². The number of aliphatic hydroxyl groups excluding tert-OH is 1. The van der Waals surface area contributed by atoms with E-state index in [-0.39, 0.29) is 22.8 Å². The van der Waals surface area contributed by atoms with Crippen molar-refractivity contribution in [1.29, 1.82) is 0 Å². The minimum Gasteiger partial charge on any atom is -0.507 e. The second kappa shape index (κ2) is 8.73. The van der Waals surface area contributed by atoms with Crippen LogP contribution in [0.3, 0.4) is 0 Å². The number of aryl methyl sites for hydroxylation is 1. The van der Waals surface area contributed by atoms with Crippen molar-refractivity contribution in [3.05, 3.63) is 58.6 Å². The van der Waals surface area contributed by atoms with Gasteiger partial charge >= 0.3 is 0 Å². The zero-order chi connectivity index (χ0) is 23.9. The van der Waals surface area contributed by atoms with Gasteiger partial charge in [0.1, 0.15) is 29.1 Å². The number of nitrogens with zero attached hydrogens (tertiary/aromatic N) is 1. The number of carbonyl (C=O) groups excluding carboxylic acids is 2. The summed E-state index contributed by atoms with van der Waals surface area (Å²) in [6.45, 7) is 10.5. The summed E-state index contributed by atoms with van der Waals surface area (Å²) in [7, 11) is 0. The van der Waals surface area contributed by atoms with Crippen molar-refractivity contribution < 1.29 is 23.8 Å². The van der Waals surface area contributed by atoms with Gasteiger partial charge in [-0.1, -0.05) is 33.6 Å². The summed E-state index contributed by atoms with van der Waals surface area (Å²) in [4.78, 5) is 28.1. The molecule has 176 valence electrons. The van der Waals surface area contributed by atoms with Crippen LogP contribution in [0.2, 0.25) is 0 Å². The Hall–Kier alpha value is -3.02. The largest absolute Gasteiger partial charge is 0.507 e. The van der Waals surface area contributed by atoms with E-state index in [0.29, 0.717) is 23.7 Å². The van der Waals surface area contributed by atoms with Crippen molar-refractivity contribution in [1.82, 2.24) is 4.90 Å². The van der Waals surface area contributed by atoms with Crippen molar-refractivity contribution >= 4 is 17.4 Å². The number of carbonyl (C=O) groups is 2. The topological polar surface area (TPSA) is 80.0 Å². The van der Waals surface area contributed by atoms with Crippen LogP contribution in [0.1, 0.15) is 82.1 Å². The molecule has 6 nitrogen and oxygen atoms in total. The fraction of sp³-hybridized carbons (Fsp3) is 0.481. The zero-order valence-corrected chi connectivity index (χ0v) is 20.1. The van der Waals surface area contributed by atoms with Crippen LogP contribution in [0.5, 0.6) is 5.75 Å². The molecule has 1 aliphatic carbocycles. The van der Waals surface area contributed by atoms with Gasteiger partial charge in [-0.2, -0.15) is 0 Å². The van der Waals surface area contributed by atoms with Crippen LogP contribution in [0.15, 0.2) is 40.3 Å². The Balaban J connectivity index is 1.88. The summed E-state index contributed by atoms with van der Waals surface area (Å²) >= 11 is 0. The molecule has 1 amide bonds. The first-order valence-corrected chi connectivity index (χ1v) is 11.8. The van der Waals surface area contributed by atoms with Crippen molar-refractivity contribution in [2.24, 2.45) is 0 Å². The van der Waals surface area contributed by atoms with Gasteiger partial charge in [-0.15, -0.1) is 0 Å². The maximum Gasteiger partial charge on any atom is 0.296 e. The molecule has 6 heteroatoms. The Morgan fingerprint density at radius 3 is 2.42 bits per heavy atom. The minimum absolute atomic E-state index is 0.0346. The number of furan rings is 1. The van der Waals surface area contributed by atoms with Crippen molar-refractivity contribution in [2.75, 3.05) is 6.61 Å². The van der Waals surface area contributed by atoms with Crippen LogP contribution in [-0.2, 0) is 15.0 Å². The molecule has 1 N–H and O–H groups in total. The molecule has 2 aliphatic rings. The highest BCUT2D eigenvalue weighted by atomic mass is 16.5. The maximum atomic E-state index is 13.3. The molecule has 1 atom stereocenters. The maximum absolute atomic E-state index is 13.3. The number of rotatable bonds is 5. The van der Waals surface area contributed by atoms with Crippen LogP contribution >= 0.6 is 0 Å². The van der Waals surface area contributed by atoms with E-state index >= 15 is 0 Å². The smallest absolute Gasteiger partial charge is 0.296 e. The van der Waals surface area contributed by atoms with E-state index < -0.39 is 17.7 Å². The number of ether oxygens (including phenoxy) is 1. The number of ketones is 1. The van der Waals surface area contributed by atoms with Crippen LogP contribution in [0.4, 0.5) is 0 Å². The molecule has 33 heavy (non-hydrogen) atoms. The standard InChI is InChI=1S/C27H33NO5/c1-6-32-20-14-12-17(15-19(20)27(3,4)5)24(29)22-23(21-13-11-16(2)33-21)28(26(31)25(22)30)18-9-7-8-10-18/h11-15,18,23,29H,6-10H2,1-5H3/b24-22-. The van der Waals surface area contributed by atoms with E-state index in [0.717, 1.165) is 37.0 Å². The Morgan fingerprint density at radius 1 is 1.15 bits per heavy atom. The molecule has 1 unspecified atom stereocenters. The van der Waals surface area contributed by atoms with Gasteiger partial charge in [-0.25, -0.2) is 0 Å². The highest BCUT2D eigenvalue weighted by Gasteiger charge is 2.50. The van der Waals surface area contributed by atoms with Gasteiger partial charge in [0.25, 0.3) is 11.7 Å². The third-order valence-electron chi connectivity index (χ3n) is 6.59. The second-order valence-corrected chi connectivity index (χ2v) is 9.99. The lowest BCUT2D eigenvalue weighted by Gasteiger charge is -2.29. The normalized spacial score (nSPS) is 21.2. The quantitative estimate of drug-likeness (QED) is 0.361. The number of Topliss-reactive ketones (excluding diaryl/α,β-unsaturated/α-hetero) is 1. The minimum atomic E-state index is -0.730. The lowest BCUT2D eigenvalue weighted by molar-refractivity contribution is -0.141. The number of hydrogen-bond donors (Lipinski definition) is 1.